The number of pyridine rings is 1. The number of nitriles is 1. The molecule has 7 heteroatoms. The highest BCUT2D eigenvalue weighted by atomic mass is 32.2. The Bertz CT molecular complexity index is 792. The number of aromatic nitrogens is 3. The van der Waals surface area contributed by atoms with Crippen molar-refractivity contribution in [3.63, 3.8) is 0 Å². The second-order valence-electron chi connectivity index (χ2n) is 4.72. The van der Waals surface area contributed by atoms with E-state index in [1.165, 1.54) is 0 Å². The summed E-state index contributed by atoms with van der Waals surface area (Å²) in [6, 6.07) is 4.30. The van der Waals surface area contributed by atoms with Crippen molar-refractivity contribution in [3.8, 4) is 11.8 Å². The first kappa shape index (κ1) is 12.8. The van der Waals surface area contributed by atoms with Gasteiger partial charge in [-0.1, -0.05) is 11.8 Å². The van der Waals surface area contributed by atoms with Crippen molar-refractivity contribution < 1.29 is 4.74 Å². The summed E-state index contributed by atoms with van der Waals surface area (Å²) in [6.45, 7) is 0. The van der Waals surface area contributed by atoms with Crippen LogP contribution in [0.15, 0.2) is 35.2 Å². The first-order valence-corrected chi connectivity index (χ1v) is 8.09. The summed E-state index contributed by atoms with van der Waals surface area (Å²) >= 11 is 3.30. The summed E-state index contributed by atoms with van der Waals surface area (Å²) < 4.78 is 8.78. The molecule has 0 amide bonds. The minimum Gasteiger partial charge on any atom is -0.476 e. The summed E-state index contributed by atoms with van der Waals surface area (Å²) in [5.74, 6) is 0.852. The number of ether oxygens (including phenoxy) is 1. The average Bonchev–Trinajstić information content (AvgIpc) is 3.15. The quantitative estimate of drug-likeness (QED) is 0.754. The first-order valence-electron chi connectivity index (χ1n) is 6.33. The second kappa shape index (κ2) is 4.83. The van der Waals surface area contributed by atoms with E-state index in [0.29, 0.717) is 5.57 Å². The van der Waals surface area contributed by atoms with Crippen LogP contribution in [0.1, 0.15) is 16.5 Å². The Morgan fingerprint density at radius 1 is 1.38 bits per heavy atom. The van der Waals surface area contributed by atoms with E-state index in [0.717, 1.165) is 21.2 Å². The zero-order valence-corrected chi connectivity index (χ0v) is 12.7. The monoisotopic (exact) mass is 314 g/mol. The fraction of sp³-hybridized carbons (Fsp3) is 0.214. The molecule has 2 aliphatic rings. The van der Waals surface area contributed by atoms with Gasteiger partial charge in [0, 0.05) is 18.8 Å². The van der Waals surface area contributed by atoms with E-state index in [1.807, 2.05) is 17.7 Å². The van der Waals surface area contributed by atoms with Crippen LogP contribution in [-0.2, 0) is 7.05 Å². The molecular formula is C14H10N4OS2. The van der Waals surface area contributed by atoms with E-state index in [1.54, 1.807) is 48.4 Å². The maximum absolute atomic E-state index is 9.51. The summed E-state index contributed by atoms with van der Waals surface area (Å²) in [4.78, 5) is 8.18. The normalized spacial score (nSPS) is 25.0. The molecule has 0 N–H and O–H groups in total. The van der Waals surface area contributed by atoms with Crippen molar-refractivity contribution in [2.24, 2.45) is 7.05 Å². The molecule has 2 unspecified atom stereocenters. The van der Waals surface area contributed by atoms with Gasteiger partial charge in [-0.05, 0) is 6.07 Å². The van der Waals surface area contributed by atoms with Gasteiger partial charge in [0.1, 0.15) is 11.8 Å². The maximum Gasteiger partial charge on any atom is 0.165 e. The Morgan fingerprint density at radius 2 is 2.29 bits per heavy atom. The van der Waals surface area contributed by atoms with Gasteiger partial charge < -0.3 is 9.30 Å². The van der Waals surface area contributed by atoms with Crippen LogP contribution in [0.5, 0.6) is 5.75 Å². The van der Waals surface area contributed by atoms with Crippen LogP contribution in [0.2, 0.25) is 0 Å². The Morgan fingerprint density at radius 3 is 3.05 bits per heavy atom. The number of thioether (sulfide) groups is 2. The highest BCUT2D eigenvalue weighted by Crippen LogP contribution is 2.61. The molecule has 104 valence electrons. The predicted octanol–water partition coefficient (Wildman–Crippen LogP) is 2.95. The van der Waals surface area contributed by atoms with Crippen molar-refractivity contribution >= 4 is 29.1 Å². The molecule has 4 heterocycles. The molecule has 2 aromatic heterocycles. The van der Waals surface area contributed by atoms with Gasteiger partial charge in [-0.25, -0.2) is 4.98 Å². The van der Waals surface area contributed by atoms with E-state index in [2.05, 4.69) is 16.0 Å². The van der Waals surface area contributed by atoms with E-state index >= 15 is 0 Å². The highest BCUT2D eigenvalue weighted by Gasteiger charge is 2.43. The number of rotatable bonds is 1. The number of hydrogen-bond donors (Lipinski definition) is 0. The number of allylic oxidation sites excluding steroid dienone is 1. The van der Waals surface area contributed by atoms with Crippen molar-refractivity contribution in [1.29, 1.82) is 5.26 Å². The van der Waals surface area contributed by atoms with Gasteiger partial charge in [0.25, 0.3) is 0 Å². The summed E-state index contributed by atoms with van der Waals surface area (Å²) in [5, 5.41) is 9.74. The summed E-state index contributed by atoms with van der Waals surface area (Å²) in [7, 11) is 1.89. The van der Waals surface area contributed by atoms with Crippen LogP contribution in [0.25, 0.3) is 5.57 Å². The second-order valence-corrected chi connectivity index (χ2v) is 7.24. The molecule has 5 nitrogen and oxygen atoms in total. The third-order valence-electron chi connectivity index (χ3n) is 3.46. The summed E-state index contributed by atoms with van der Waals surface area (Å²) in [5.41, 5.74) is 2.67. The minimum atomic E-state index is 0.0146. The Balaban J connectivity index is 1.73. The molecule has 2 atom stereocenters. The largest absolute Gasteiger partial charge is 0.476 e. The van der Waals surface area contributed by atoms with Crippen LogP contribution in [-0.4, -0.2) is 20.0 Å². The first-order chi connectivity index (χ1) is 10.3. The summed E-state index contributed by atoms with van der Waals surface area (Å²) in [6.07, 6.45) is 6.96. The van der Waals surface area contributed by atoms with Crippen LogP contribution < -0.4 is 4.74 Å². The van der Waals surface area contributed by atoms with E-state index < -0.39 is 0 Å². The minimum absolute atomic E-state index is 0.0146. The Hall–Kier alpha value is -1.91. The van der Waals surface area contributed by atoms with Gasteiger partial charge in [-0.2, -0.15) is 5.26 Å². The van der Waals surface area contributed by atoms with Crippen LogP contribution in [0.4, 0.5) is 0 Å². The molecule has 2 aliphatic heterocycles. The standard InChI is InChI=1S/C14H10N4OS2/c1-18-7-17-5-10(18)9(4-15)14-20-12-8-2-3-16-6-11(8)19-13(12)21-14/h2-3,5-7,12-13H,1H3/b14-9-. The average molecular weight is 314 g/mol. The third kappa shape index (κ3) is 1.94. The van der Waals surface area contributed by atoms with Gasteiger partial charge in [-0.3, -0.25) is 4.98 Å². The van der Waals surface area contributed by atoms with Crippen LogP contribution >= 0.6 is 23.5 Å². The molecule has 2 aromatic rings. The Kier molecular flexibility index (Phi) is 2.94. The van der Waals surface area contributed by atoms with Gasteiger partial charge in [0.05, 0.1) is 39.5 Å². The van der Waals surface area contributed by atoms with Gasteiger partial charge in [0.2, 0.25) is 0 Å². The molecule has 0 saturated carbocycles. The topological polar surface area (TPSA) is 63.7 Å². The lowest BCUT2D eigenvalue weighted by molar-refractivity contribution is 0.322. The zero-order valence-electron chi connectivity index (χ0n) is 11.1. The van der Waals surface area contributed by atoms with Gasteiger partial charge in [-0.15, -0.1) is 11.8 Å². The maximum atomic E-state index is 9.51. The number of nitrogens with zero attached hydrogens (tertiary/aromatic N) is 4. The van der Waals surface area contributed by atoms with Crippen molar-refractivity contribution in [2.75, 3.05) is 0 Å². The van der Waals surface area contributed by atoms with E-state index in [-0.39, 0.29) is 10.7 Å². The third-order valence-corrected chi connectivity index (χ3v) is 6.40. The molecule has 1 fully saturated rings. The van der Waals surface area contributed by atoms with Crippen LogP contribution in [0.3, 0.4) is 0 Å². The van der Waals surface area contributed by atoms with E-state index in [4.69, 9.17) is 4.74 Å². The smallest absolute Gasteiger partial charge is 0.165 e. The predicted molar refractivity (Wildman–Crippen MR) is 82.3 cm³/mol. The number of fused-ring (bicyclic) bond motifs is 3. The molecule has 1 saturated heterocycles. The lowest BCUT2D eigenvalue weighted by Gasteiger charge is -2.06. The fourth-order valence-electron chi connectivity index (χ4n) is 2.43. The van der Waals surface area contributed by atoms with Crippen molar-refractivity contribution in [2.45, 2.75) is 10.7 Å². The molecule has 0 aromatic carbocycles. The molecule has 0 spiro atoms. The van der Waals surface area contributed by atoms with Gasteiger partial charge >= 0.3 is 0 Å². The molecule has 0 bridgehead atoms. The molecule has 0 radical (unpaired) electrons. The molecule has 21 heavy (non-hydrogen) atoms. The fourth-order valence-corrected chi connectivity index (χ4v) is 5.47. The Labute approximate surface area is 130 Å². The molecule has 4 rings (SSSR count). The van der Waals surface area contributed by atoms with Gasteiger partial charge in [0.15, 0.2) is 5.44 Å². The lowest BCUT2D eigenvalue weighted by atomic mass is 10.2. The van der Waals surface area contributed by atoms with Crippen molar-refractivity contribution in [1.82, 2.24) is 14.5 Å². The van der Waals surface area contributed by atoms with Crippen LogP contribution in [0, 0.1) is 11.3 Å². The number of hydrogen-bond acceptors (Lipinski definition) is 6. The van der Waals surface area contributed by atoms with E-state index in [9.17, 15) is 5.26 Å². The molecule has 0 aliphatic carbocycles. The SMILES string of the molecule is Cn1cncc1/C(C#N)=C1\SC2Oc3cnccc3C2S1. The van der Waals surface area contributed by atoms with Crippen molar-refractivity contribution in [3.05, 3.63) is 46.5 Å². The lowest BCUT2D eigenvalue weighted by Crippen LogP contribution is -2.05. The zero-order chi connectivity index (χ0) is 14.4. The number of imidazole rings is 1. The number of aryl methyl sites for hydroxylation is 1. The highest BCUT2D eigenvalue weighted by molar-refractivity contribution is 8.26. The molecular weight excluding hydrogens is 304 g/mol.